The van der Waals surface area contributed by atoms with Gasteiger partial charge in [-0.2, -0.15) is 0 Å². The Hall–Kier alpha value is -1.28. The number of benzene rings is 1. The number of hydrogen-bond acceptors (Lipinski definition) is 2. The van der Waals surface area contributed by atoms with Crippen LogP contribution >= 0.6 is 0 Å². The molecule has 2 unspecified atom stereocenters. The summed E-state index contributed by atoms with van der Waals surface area (Å²) in [6, 6.07) is 8.93. The average Bonchev–Trinajstić information content (AvgIpc) is 2.78. The lowest BCUT2D eigenvalue weighted by atomic mass is 9.80. The summed E-state index contributed by atoms with van der Waals surface area (Å²) in [6.07, 6.45) is 5.89. The highest BCUT2D eigenvalue weighted by Gasteiger charge is 2.23. The van der Waals surface area contributed by atoms with E-state index in [4.69, 9.17) is 4.42 Å². The van der Waals surface area contributed by atoms with E-state index in [9.17, 15) is 0 Å². The van der Waals surface area contributed by atoms with E-state index in [0.29, 0.717) is 6.04 Å². The SMILES string of the molecule is CC1CC(C)CC(NCc2coc3ccccc23)C1. The van der Waals surface area contributed by atoms with Crippen LogP contribution in [0.2, 0.25) is 0 Å². The monoisotopic (exact) mass is 257 g/mol. The van der Waals surface area contributed by atoms with Gasteiger partial charge in [-0.3, -0.25) is 0 Å². The van der Waals surface area contributed by atoms with E-state index in [1.165, 1.54) is 30.2 Å². The van der Waals surface area contributed by atoms with E-state index in [2.05, 4.69) is 31.3 Å². The minimum Gasteiger partial charge on any atom is -0.464 e. The van der Waals surface area contributed by atoms with Gasteiger partial charge in [-0.1, -0.05) is 32.0 Å². The molecule has 0 bridgehead atoms. The highest BCUT2D eigenvalue weighted by Crippen LogP contribution is 2.29. The van der Waals surface area contributed by atoms with E-state index in [1.807, 2.05) is 18.4 Å². The zero-order valence-electron chi connectivity index (χ0n) is 11.9. The molecule has 1 N–H and O–H groups in total. The zero-order chi connectivity index (χ0) is 13.2. The van der Waals surface area contributed by atoms with Gasteiger partial charge in [-0.15, -0.1) is 0 Å². The predicted molar refractivity (Wildman–Crippen MR) is 79.0 cm³/mol. The standard InChI is InChI=1S/C17H23NO/c1-12-7-13(2)9-15(8-12)18-10-14-11-19-17-6-4-3-5-16(14)17/h3-6,11-13,15,18H,7-10H2,1-2H3. The molecule has 1 heterocycles. The van der Waals surface area contributed by atoms with Crippen molar-refractivity contribution in [3.8, 4) is 0 Å². The molecule has 2 heteroatoms. The van der Waals surface area contributed by atoms with Crippen molar-refractivity contribution in [1.82, 2.24) is 5.32 Å². The van der Waals surface area contributed by atoms with Crippen LogP contribution in [-0.4, -0.2) is 6.04 Å². The van der Waals surface area contributed by atoms with E-state index >= 15 is 0 Å². The zero-order valence-corrected chi connectivity index (χ0v) is 11.9. The third-order valence-corrected chi connectivity index (χ3v) is 4.32. The Morgan fingerprint density at radius 2 is 1.84 bits per heavy atom. The molecule has 0 spiro atoms. The number of furan rings is 1. The normalized spacial score (nSPS) is 27.8. The molecule has 1 aliphatic rings. The summed E-state index contributed by atoms with van der Waals surface area (Å²) in [7, 11) is 0. The molecular formula is C17H23NO. The van der Waals surface area contributed by atoms with Crippen molar-refractivity contribution < 1.29 is 4.42 Å². The van der Waals surface area contributed by atoms with Gasteiger partial charge in [-0.05, 0) is 37.2 Å². The second-order valence-corrected chi connectivity index (χ2v) is 6.25. The largest absolute Gasteiger partial charge is 0.464 e. The number of fused-ring (bicyclic) bond motifs is 1. The Kier molecular flexibility index (Phi) is 3.61. The molecule has 1 aliphatic carbocycles. The van der Waals surface area contributed by atoms with Gasteiger partial charge in [0.2, 0.25) is 0 Å². The van der Waals surface area contributed by atoms with E-state index < -0.39 is 0 Å². The Labute approximate surface area is 115 Å². The number of rotatable bonds is 3. The van der Waals surface area contributed by atoms with Crippen molar-refractivity contribution in [2.24, 2.45) is 11.8 Å². The lowest BCUT2D eigenvalue weighted by Gasteiger charge is -2.32. The van der Waals surface area contributed by atoms with Crippen molar-refractivity contribution in [2.45, 2.75) is 45.7 Å². The fourth-order valence-electron chi connectivity index (χ4n) is 3.54. The smallest absolute Gasteiger partial charge is 0.134 e. The van der Waals surface area contributed by atoms with Gasteiger partial charge >= 0.3 is 0 Å². The molecular weight excluding hydrogens is 234 g/mol. The number of hydrogen-bond donors (Lipinski definition) is 1. The van der Waals surface area contributed by atoms with Crippen LogP contribution in [0.15, 0.2) is 34.9 Å². The Morgan fingerprint density at radius 1 is 1.11 bits per heavy atom. The Morgan fingerprint density at radius 3 is 2.63 bits per heavy atom. The molecule has 0 radical (unpaired) electrons. The van der Waals surface area contributed by atoms with E-state index in [1.54, 1.807) is 0 Å². The fourth-order valence-corrected chi connectivity index (χ4v) is 3.54. The van der Waals surface area contributed by atoms with Crippen LogP contribution in [-0.2, 0) is 6.54 Å². The number of para-hydroxylation sites is 1. The Balaban J connectivity index is 1.66. The van der Waals surface area contributed by atoms with Crippen molar-refractivity contribution in [2.75, 3.05) is 0 Å². The number of nitrogens with one attached hydrogen (secondary N) is 1. The van der Waals surface area contributed by atoms with E-state index in [-0.39, 0.29) is 0 Å². The van der Waals surface area contributed by atoms with E-state index in [0.717, 1.165) is 24.0 Å². The minimum atomic E-state index is 0.660. The maximum atomic E-state index is 5.59. The molecule has 2 atom stereocenters. The maximum absolute atomic E-state index is 5.59. The third-order valence-electron chi connectivity index (χ3n) is 4.32. The molecule has 1 saturated carbocycles. The maximum Gasteiger partial charge on any atom is 0.134 e. The molecule has 0 aliphatic heterocycles. The lowest BCUT2D eigenvalue weighted by Crippen LogP contribution is -2.35. The molecule has 102 valence electrons. The molecule has 0 amide bonds. The van der Waals surface area contributed by atoms with Crippen molar-refractivity contribution in [3.05, 3.63) is 36.1 Å². The van der Waals surface area contributed by atoms with Crippen LogP contribution in [0, 0.1) is 11.8 Å². The summed E-state index contributed by atoms with van der Waals surface area (Å²) in [5.41, 5.74) is 2.27. The van der Waals surface area contributed by atoms with Crippen molar-refractivity contribution >= 4 is 11.0 Å². The van der Waals surface area contributed by atoms with Gasteiger partial charge in [-0.25, -0.2) is 0 Å². The Bertz CT molecular complexity index is 535. The second-order valence-electron chi connectivity index (χ2n) is 6.25. The first-order valence-corrected chi connectivity index (χ1v) is 7.41. The first-order chi connectivity index (χ1) is 9.22. The van der Waals surface area contributed by atoms with Gasteiger partial charge in [0.05, 0.1) is 6.26 Å². The third kappa shape index (κ3) is 2.84. The summed E-state index contributed by atoms with van der Waals surface area (Å²) in [5.74, 6) is 1.70. The minimum absolute atomic E-state index is 0.660. The fraction of sp³-hybridized carbons (Fsp3) is 0.529. The van der Waals surface area contributed by atoms with Crippen molar-refractivity contribution in [3.63, 3.8) is 0 Å². The molecule has 1 fully saturated rings. The first kappa shape index (κ1) is 12.7. The quantitative estimate of drug-likeness (QED) is 0.884. The average molecular weight is 257 g/mol. The highest BCUT2D eigenvalue weighted by atomic mass is 16.3. The van der Waals surface area contributed by atoms with Gasteiger partial charge in [0.15, 0.2) is 0 Å². The second kappa shape index (κ2) is 5.38. The van der Waals surface area contributed by atoms with Crippen LogP contribution in [0.5, 0.6) is 0 Å². The lowest BCUT2D eigenvalue weighted by molar-refractivity contribution is 0.238. The summed E-state index contributed by atoms with van der Waals surface area (Å²) in [6.45, 7) is 5.66. The van der Waals surface area contributed by atoms with Gasteiger partial charge in [0.25, 0.3) is 0 Å². The molecule has 0 saturated heterocycles. The summed E-state index contributed by atoms with van der Waals surface area (Å²) in [5, 5.41) is 4.96. The van der Waals surface area contributed by atoms with Crippen LogP contribution in [0.4, 0.5) is 0 Å². The van der Waals surface area contributed by atoms with Gasteiger partial charge in [0.1, 0.15) is 5.58 Å². The predicted octanol–water partition coefficient (Wildman–Crippen LogP) is 4.35. The van der Waals surface area contributed by atoms with Crippen molar-refractivity contribution in [1.29, 1.82) is 0 Å². The summed E-state index contributed by atoms with van der Waals surface area (Å²) >= 11 is 0. The molecule has 2 aromatic rings. The molecule has 1 aromatic heterocycles. The molecule has 3 rings (SSSR count). The first-order valence-electron chi connectivity index (χ1n) is 7.41. The summed E-state index contributed by atoms with van der Waals surface area (Å²) < 4.78 is 5.59. The summed E-state index contributed by atoms with van der Waals surface area (Å²) in [4.78, 5) is 0. The topological polar surface area (TPSA) is 25.2 Å². The molecule has 2 nitrogen and oxygen atoms in total. The van der Waals surface area contributed by atoms with Crippen LogP contribution in [0.1, 0.15) is 38.7 Å². The van der Waals surface area contributed by atoms with Crippen LogP contribution in [0.25, 0.3) is 11.0 Å². The van der Waals surface area contributed by atoms with Crippen LogP contribution < -0.4 is 5.32 Å². The molecule has 19 heavy (non-hydrogen) atoms. The van der Waals surface area contributed by atoms with Crippen LogP contribution in [0.3, 0.4) is 0 Å². The highest BCUT2D eigenvalue weighted by molar-refractivity contribution is 5.80. The van der Waals surface area contributed by atoms with Gasteiger partial charge in [0, 0.05) is 23.5 Å². The van der Waals surface area contributed by atoms with Gasteiger partial charge < -0.3 is 9.73 Å². The molecule has 1 aromatic carbocycles.